The number of para-hydroxylation sites is 2. The molecule has 5 N–H and O–H groups in total. The van der Waals surface area contributed by atoms with E-state index in [0.29, 0.717) is 11.4 Å². The molecule has 1 rings (SSSR count). The molecule has 0 amide bonds. The summed E-state index contributed by atoms with van der Waals surface area (Å²) in [5.41, 5.74) is 12.1. The van der Waals surface area contributed by atoms with Crippen LogP contribution in [0, 0.1) is 0 Å². The molecule has 1 aromatic carbocycles. The van der Waals surface area contributed by atoms with Gasteiger partial charge in [0.05, 0.1) is 11.4 Å². The number of rotatable bonds is 0. The Hall–Kier alpha value is -0.840. The van der Waals surface area contributed by atoms with Crippen LogP contribution < -0.4 is 11.5 Å². The second-order valence-corrected chi connectivity index (χ2v) is 4.71. The molecule has 0 saturated heterocycles. The average Bonchev–Trinajstić information content (AvgIpc) is 2.09. The Labute approximate surface area is 102 Å². The van der Waals surface area contributed by atoms with Crippen LogP contribution in [0.3, 0.4) is 0 Å². The van der Waals surface area contributed by atoms with Crippen LogP contribution in [0.25, 0.3) is 0 Å². The molecule has 0 aliphatic carbocycles. The third kappa shape index (κ3) is 6.28. The van der Waals surface area contributed by atoms with Crippen LogP contribution in [0.1, 0.15) is 0 Å². The number of benzene rings is 1. The number of nitrogen functional groups attached to an aromatic ring is 2. The monoisotopic (exact) mass is 270 g/mol. The van der Waals surface area contributed by atoms with Crippen molar-refractivity contribution in [2.45, 2.75) is 3.79 Å². The van der Waals surface area contributed by atoms with E-state index in [-0.39, 0.29) is 0 Å². The number of aliphatic carboxylic acids is 1. The molecule has 0 fully saturated rings. The molecule has 1 aromatic rings. The first-order valence-electron chi connectivity index (χ1n) is 3.65. The number of nitrogens with two attached hydrogens (primary N) is 2. The lowest BCUT2D eigenvalue weighted by Gasteiger charge is -1.99. The molecule has 0 atom stereocenters. The number of carbonyl (C=O) groups is 1. The maximum Gasteiger partial charge on any atom is 0.356 e. The molecule has 84 valence electrons. The molecule has 0 aliphatic heterocycles. The predicted molar refractivity (Wildman–Crippen MR) is 63.2 cm³/mol. The van der Waals surface area contributed by atoms with Gasteiger partial charge in [-0.15, -0.1) is 0 Å². The summed E-state index contributed by atoms with van der Waals surface area (Å²) >= 11 is 14.4. The number of anilines is 2. The third-order valence-corrected chi connectivity index (χ3v) is 1.72. The summed E-state index contributed by atoms with van der Waals surface area (Å²) in [6, 6.07) is 7.25. The highest BCUT2D eigenvalue weighted by Crippen LogP contribution is 2.25. The van der Waals surface area contributed by atoms with Gasteiger partial charge in [-0.05, 0) is 12.1 Å². The van der Waals surface area contributed by atoms with Crippen molar-refractivity contribution in [2.24, 2.45) is 0 Å². The molecule has 0 saturated carbocycles. The van der Waals surface area contributed by atoms with Crippen molar-refractivity contribution in [3.05, 3.63) is 24.3 Å². The van der Waals surface area contributed by atoms with Crippen molar-refractivity contribution in [3.63, 3.8) is 0 Å². The zero-order valence-electron chi connectivity index (χ0n) is 7.45. The van der Waals surface area contributed by atoms with Crippen LogP contribution in [-0.2, 0) is 4.79 Å². The first kappa shape index (κ1) is 14.2. The Kier molecular flexibility index (Phi) is 5.57. The van der Waals surface area contributed by atoms with Gasteiger partial charge in [0, 0.05) is 0 Å². The van der Waals surface area contributed by atoms with E-state index in [9.17, 15) is 4.79 Å². The fourth-order valence-electron chi connectivity index (χ4n) is 0.511. The Morgan fingerprint density at radius 3 is 1.53 bits per heavy atom. The van der Waals surface area contributed by atoms with Crippen molar-refractivity contribution >= 4 is 52.1 Å². The molecule has 0 aromatic heterocycles. The minimum absolute atomic E-state index is 0.646. The SMILES string of the molecule is Nc1ccccc1N.O=C(O)C(Cl)(Cl)Cl. The molecule has 0 bridgehead atoms. The molecule has 0 aliphatic rings. The van der Waals surface area contributed by atoms with Crippen molar-refractivity contribution < 1.29 is 9.90 Å². The van der Waals surface area contributed by atoms with Gasteiger partial charge in [-0.3, -0.25) is 0 Å². The maximum atomic E-state index is 9.62. The Bertz CT molecular complexity index is 318. The summed E-state index contributed by atoms with van der Waals surface area (Å²) < 4.78 is -2.17. The lowest BCUT2D eigenvalue weighted by molar-refractivity contribution is -0.135. The Balaban J connectivity index is 0.000000265. The van der Waals surface area contributed by atoms with E-state index in [1.807, 2.05) is 12.1 Å². The third-order valence-electron chi connectivity index (χ3n) is 1.24. The van der Waals surface area contributed by atoms with Crippen LogP contribution in [-0.4, -0.2) is 14.9 Å². The summed E-state index contributed by atoms with van der Waals surface area (Å²) in [7, 11) is 0. The van der Waals surface area contributed by atoms with Crippen LogP contribution in [0.2, 0.25) is 0 Å². The number of halogens is 3. The lowest BCUT2D eigenvalue weighted by atomic mass is 10.3. The summed E-state index contributed by atoms with van der Waals surface area (Å²) in [4.78, 5) is 9.62. The summed E-state index contributed by atoms with van der Waals surface area (Å²) in [6.07, 6.45) is 0. The normalized spacial score (nSPS) is 10.1. The molecule has 4 nitrogen and oxygen atoms in total. The summed E-state index contributed by atoms with van der Waals surface area (Å²) in [5, 5.41) is 7.85. The molecular formula is C8H9Cl3N2O2. The first-order chi connectivity index (χ1) is 6.75. The molecular weight excluding hydrogens is 262 g/mol. The number of hydrogen-bond donors (Lipinski definition) is 3. The van der Waals surface area contributed by atoms with Crippen LogP contribution >= 0.6 is 34.8 Å². The fourth-order valence-corrected chi connectivity index (χ4v) is 0.511. The largest absolute Gasteiger partial charge is 0.478 e. The van der Waals surface area contributed by atoms with Gasteiger partial charge in [0.15, 0.2) is 0 Å². The topological polar surface area (TPSA) is 89.3 Å². The molecule has 0 spiro atoms. The van der Waals surface area contributed by atoms with Gasteiger partial charge >= 0.3 is 5.97 Å². The Morgan fingerprint density at radius 1 is 1.13 bits per heavy atom. The van der Waals surface area contributed by atoms with Crippen LogP contribution in [0.4, 0.5) is 11.4 Å². The fraction of sp³-hybridized carbons (Fsp3) is 0.125. The molecule has 0 unspecified atom stereocenters. The molecule has 7 heteroatoms. The first-order valence-corrected chi connectivity index (χ1v) is 4.78. The van der Waals surface area contributed by atoms with Gasteiger partial charge < -0.3 is 16.6 Å². The highest BCUT2D eigenvalue weighted by atomic mass is 35.6. The Morgan fingerprint density at radius 2 is 1.40 bits per heavy atom. The molecule has 0 heterocycles. The van der Waals surface area contributed by atoms with E-state index in [4.69, 9.17) is 51.4 Å². The van der Waals surface area contributed by atoms with Crippen LogP contribution in [0.5, 0.6) is 0 Å². The lowest BCUT2D eigenvalue weighted by Crippen LogP contribution is -2.16. The number of alkyl halides is 3. The maximum absolute atomic E-state index is 9.62. The average molecular weight is 272 g/mol. The van der Waals surface area contributed by atoms with Crippen molar-refractivity contribution in [1.29, 1.82) is 0 Å². The smallest absolute Gasteiger partial charge is 0.356 e. The van der Waals surface area contributed by atoms with Gasteiger partial charge in [-0.2, -0.15) is 0 Å². The summed E-state index contributed by atoms with van der Waals surface area (Å²) in [6.45, 7) is 0. The van der Waals surface area contributed by atoms with Crippen molar-refractivity contribution in [2.75, 3.05) is 11.5 Å². The predicted octanol–water partition coefficient (Wildman–Crippen LogP) is 2.29. The second kappa shape index (κ2) is 5.90. The van der Waals surface area contributed by atoms with Crippen molar-refractivity contribution in [3.8, 4) is 0 Å². The standard InChI is InChI=1S/C6H8N2.C2HCl3O2/c7-5-3-1-2-4-6(5)8;3-2(4,5)1(6)7/h1-4H,7-8H2;(H,6,7). The van der Waals surface area contributed by atoms with Crippen LogP contribution in [0.15, 0.2) is 24.3 Å². The zero-order valence-corrected chi connectivity index (χ0v) is 9.72. The minimum Gasteiger partial charge on any atom is -0.478 e. The zero-order chi connectivity index (χ0) is 12.1. The van der Waals surface area contributed by atoms with Gasteiger partial charge in [0.25, 0.3) is 3.79 Å². The number of carboxylic acid groups (broad SMARTS) is 1. The highest BCUT2D eigenvalue weighted by Gasteiger charge is 2.29. The molecule has 15 heavy (non-hydrogen) atoms. The quantitative estimate of drug-likeness (QED) is 0.499. The van der Waals surface area contributed by atoms with E-state index < -0.39 is 9.76 Å². The van der Waals surface area contributed by atoms with E-state index in [0.717, 1.165) is 0 Å². The van der Waals surface area contributed by atoms with Gasteiger partial charge in [0.1, 0.15) is 0 Å². The van der Waals surface area contributed by atoms with Gasteiger partial charge in [-0.1, -0.05) is 46.9 Å². The van der Waals surface area contributed by atoms with E-state index >= 15 is 0 Å². The molecule has 0 radical (unpaired) electrons. The summed E-state index contributed by atoms with van der Waals surface area (Å²) in [5.74, 6) is -1.46. The van der Waals surface area contributed by atoms with Gasteiger partial charge in [-0.25, -0.2) is 4.79 Å². The van der Waals surface area contributed by atoms with E-state index in [1.165, 1.54) is 0 Å². The van der Waals surface area contributed by atoms with E-state index in [1.54, 1.807) is 12.1 Å². The van der Waals surface area contributed by atoms with E-state index in [2.05, 4.69) is 0 Å². The van der Waals surface area contributed by atoms with Gasteiger partial charge in [0.2, 0.25) is 0 Å². The number of carboxylic acids is 1. The second-order valence-electron chi connectivity index (χ2n) is 2.43. The minimum atomic E-state index is -2.17. The number of hydrogen-bond acceptors (Lipinski definition) is 3. The highest BCUT2D eigenvalue weighted by molar-refractivity contribution is 6.75. The van der Waals surface area contributed by atoms with Crippen molar-refractivity contribution in [1.82, 2.24) is 0 Å².